The Labute approximate surface area is 239 Å². The first kappa shape index (κ1) is 26.8. The van der Waals surface area contributed by atoms with E-state index in [2.05, 4.69) is 31.0 Å². The number of likely N-dealkylation sites (N-methyl/N-ethyl adjacent to an activating group) is 1. The molecule has 2 aromatic carbocycles. The molecule has 210 valence electrons. The Hall–Kier alpha value is -5.42. The summed E-state index contributed by atoms with van der Waals surface area (Å²) in [5.41, 5.74) is 5.12. The lowest BCUT2D eigenvalue weighted by Gasteiger charge is -2.17. The zero-order valence-electron chi connectivity index (χ0n) is 22.9. The van der Waals surface area contributed by atoms with E-state index in [1.807, 2.05) is 53.2 Å². The van der Waals surface area contributed by atoms with Crippen LogP contribution in [0, 0.1) is 5.82 Å². The summed E-state index contributed by atoms with van der Waals surface area (Å²) in [7, 11) is 1.68. The van der Waals surface area contributed by atoms with E-state index in [9.17, 15) is 14.0 Å². The number of nitrogens with zero attached hydrogens (tertiary/aromatic N) is 5. The molecule has 0 saturated heterocycles. The van der Waals surface area contributed by atoms with E-state index in [0.717, 1.165) is 33.3 Å². The summed E-state index contributed by atoms with van der Waals surface area (Å²) in [6, 6.07) is 19.0. The molecule has 0 unspecified atom stereocenters. The quantitative estimate of drug-likeness (QED) is 0.253. The number of benzene rings is 2. The van der Waals surface area contributed by atoms with Gasteiger partial charge in [0.25, 0.3) is 5.56 Å². The van der Waals surface area contributed by atoms with Crippen molar-refractivity contribution in [3.05, 3.63) is 113 Å². The largest absolute Gasteiger partial charge is 0.320 e. The van der Waals surface area contributed by atoms with Crippen LogP contribution < -0.4 is 16.2 Å². The fourth-order valence-corrected chi connectivity index (χ4v) is 4.85. The molecule has 0 radical (unpaired) electrons. The molecule has 0 spiro atoms. The molecule has 0 bridgehead atoms. The second-order valence-corrected chi connectivity index (χ2v) is 9.90. The monoisotopic (exact) mass is 562 g/mol. The van der Waals surface area contributed by atoms with Gasteiger partial charge in [0.15, 0.2) is 0 Å². The third-order valence-electron chi connectivity index (χ3n) is 7.18. The summed E-state index contributed by atoms with van der Waals surface area (Å²) in [6.45, 7) is 1.90. The molecule has 1 amide bonds. The second kappa shape index (κ2) is 11.2. The highest BCUT2D eigenvalue weighted by atomic mass is 19.1. The van der Waals surface area contributed by atoms with Crippen molar-refractivity contribution in [2.75, 3.05) is 12.4 Å². The molecule has 0 aliphatic heterocycles. The van der Waals surface area contributed by atoms with Gasteiger partial charge in [-0.2, -0.15) is 0 Å². The number of fused-ring (bicyclic) bond motifs is 1. The van der Waals surface area contributed by atoms with Crippen molar-refractivity contribution in [3.8, 4) is 28.2 Å². The topological polar surface area (TPSA) is 123 Å². The molecule has 6 aromatic rings. The van der Waals surface area contributed by atoms with Crippen molar-refractivity contribution in [1.82, 2.24) is 34.8 Å². The summed E-state index contributed by atoms with van der Waals surface area (Å²) in [5.74, 6) is -0.621. The van der Waals surface area contributed by atoms with E-state index in [1.165, 1.54) is 12.1 Å². The van der Waals surface area contributed by atoms with Crippen LogP contribution in [0.4, 0.5) is 10.1 Å². The van der Waals surface area contributed by atoms with E-state index in [-0.39, 0.29) is 29.5 Å². The molecule has 11 heteroatoms. The normalized spacial score (nSPS) is 12.0. The number of halogens is 1. The van der Waals surface area contributed by atoms with Gasteiger partial charge in [0.05, 0.1) is 35.7 Å². The van der Waals surface area contributed by atoms with Crippen molar-refractivity contribution < 1.29 is 9.18 Å². The standard InChI is InChI=1S/C31H27FN8O2/c1-19(33-2)30(41)36-26-7-9-29(22-5-3-4-21(13-22)27-17-35-38-37-27)40(31(26)42)18-20-12-25(16-34-15-20)39-11-10-23-14-24(32)6-8-28(23)39/h3-17,19,33H,18H2,1-2H3,(H,36,41)(H,35,37,38)/t19-/m0/s1. The van der Waals surface area contributed by atoms with Gasteiger partial charge in [-0.3, -0.25) is 19.7 Å². The van der Waals surface area contributed by atoms with Crippen molar-refractivity contribution in [1.29, 1.82) is 0 Å². The highest BCUT2D eigenvalue weighted by Crippen LogP contribution is 2.26. The predicted molar refractivity (Wildman–Crippen MR) is 159 cm³/mol. The zero-order valence-corrected chi connectivity index (χ0v) is 22.9. The number of rotatable bonds is 8. The number of aromatic amines is 1. The molecule has 0 aliphatic carbocycles. The number of amides is 1. The van der Waals surface area contributed by atoms with Crippen LogP contribution >= 0.6 is 0 Å². The molecule has 4 heterocycles. The van der Waals surface area contributed by atoms with Gasteiger partial charge >= 0.3 is 0 Å². The van der Waals surface area contributed by atoms with E-state index in [1.54, 1.807) is 49.3 Å². The van der Waals surface area contributed by atoms with E-state index < -0.39 is 6.04 Å². The van der Waals surface area contributed by atoms with E-state index in [4.69, 9.17) is 0 Å². The number of carbonyl (C=O) groups is 1. The Morgan fingerprint density at radius 1 is 1.05 bits per heavy atom. The minimum atomic E-state index is -0.484. The number of H-pyrrole nitrogens is 1. The highest BCUT2D eigenvalue weighted by Gasteiger charge is 2.17. The van der Waals surface area contributed by atoms with Crippen LogP contribution in [0.3, 0.4) is 0 Å². The summed E-state index contributed by atoms with van der Waals surface area (Å²) in [5, 5.41) is 17.0. The molecule has 10 nitrogen and oxygen atoms in total. The third kappa shape index (κ3) is 5.20. The minimum absolute atomic E-state index is 0.168. The SMILES string of the molecule is CN[C@@H](C)C(=O)Nc1ccc(-c2cccc(-c3c[nH]nn3)c2)n(Cc2cncc(-n3ccc4cc(F)ccc43)c2)c1=O. The van der Waals surface area contributed by atoms with Crippen LogP contribution in [0.15, 0.2) is 96.3 Å². The lowest BCUT2D eigenvalue weighted by atomic mass is 10.0. The number of aromatic nitrogens is 6. The highest BCUT2D eigenvalue weighted by molar-refractivity contribution is 5.94. The van der Waals surface area contributed by atoms with Gasteiger partial charge < -0.3 is 19.8 Å². The molecule has 0 fully saturated rings. The lowest BCUT2D eigenvalue weighted by molar-refractivity contribution is -0.117. The van der Waals surface area contributed by atoms with Crippen molar-refractivity contribution >= 4 is 22.5 Å². The maximum atomic E-state index is 13.9. The summed E-state index contributed by atoms with van der Waals surface area (Å²) in [4.78, 5) is 31.0. The molecule has 0 aliphatic rings. The van der Waals surface area contributed by atoms with Crippen LogP contribution in [0.1, 0.15) is 12.5 Å². The van der Waals surface area contributed by atoms with Crippen LogP contribution in [0.2, 0.25) is 0 Å². The van der Waals surface area contributed by atoms with E-state index in [0.29, 0.717) is 11.4 Å². The molecular weight excluding hydrogens is 535 g/mol. The van der Waals surface area contributed by atoms with Crippen molar-refractivity contribution in [3.63, 3.8) is 0 Å². The first-order valence-electron chi connectivity index (χ1n) is 13.3. The molecule has 6 rings (SSSR count). The zero-order chi connectivity index (χ0) is 29.2. The van der Waals surface area contributed by atoms with Gasteiger partial charge in [0.1, 0.15) is 17.2 Å². The van der Waals surface area contributed by atoms with Gasteiger partial charge in [-0.15, -0.1) is 5.10 Å². The van der Waals surface area contributed by atoms with Gasteiger partial charge in [-0.25, -0.2) is 4.39 Å². The van der Waals surface area contributed by atoms with Crippen LogP contribution in [-0.2, 0) is 11.3 Å². The molecule has 42 heavy (non-hydrogen) atoms. The van der Waals surface area contributed by atoms with Crippen LogP contribution in [0.25, 0.3) is 39.1 Å². The Balaban J connectivity index is 1.43. The maximum absolute atomic E-state index is 13.9. The first-order chi connectivity index (χ1) is 20.4. The maximum Gasteiger partial charge on any atom is 0.275 e. The molecule has 4 aromatic heterocycles. The predicted octanol–water partition coefficient (Wildman–Crippen LogP) is 4.37. The van der Waals surface area contributed by atoms with Gasteiger partial charge in [-0.1, -0.05) is 23.4 Å². The fourth-order valence-electron chi connectivity index (χ4n) is 4.85. The number of hydrogen-bond donors (Lipinski definition) is 3. The van der Waals surface area contributed by atoms with E-state index >= 15 is 0 Å². The Bertz CT molecular complexity index is 1960. The minimum Gasteiger partial charge on any atom is -0.320 e. The molecule has 3 N–H and O–H groups in total. The average molecular weight is 563 g/mol. The summed E-state index contributed by atoms with van der Waals surface area (Å²) >= 11 is 0. The Morgan fingerprint density at radius 3 is 2.71 bits per heavy atom. The number of carbonyl (C=O) groups excluding carboxylic acids is 1. The lowest BCUT2D eigenvalue weighted by Crippen LogP contribution is -2.37. The van der Waals surface area contributed by atoms with Gasteiger partial charge in [0, 0.05) is 29.5 Å². The van der Waals surface area contributed by atoms with Gasteiger partial charge in [0.2, 0.25) is 5.91 Å². The number of hydrogen-bond acceptors (Lipinski definition) is 6. The summed E-state index contributed by atoms with van der Waals surface area (Å²) < 4.78 is 17.3. The molecule has 1 atom stereocenters. The number of anilines is 1. The van der Waals surface area contributed by atoms with Gasteiger partial charge in [-0.05, 0) is 73.6 Å². The fraction of sp³-hybridized carbons (Fsp3) is 0.129. The first-order valence-corrected chi connectivity index (χ1v) is 13.3. The molecule has 0 saturated carbocycles. The van der Waals surface area contributed by atoms with Crippen molar-refractivity contribution in [2.45, 2.75) is 19.5 Å². The van der Waals surface area contributed by atoms with Crippen LogP contribution in [-0.4, -0.2) is 48.5 Å². The second-order valence-electron chi connectivity index (χ2n) is 9.90. The average Bonchev–Trinajstić information content (AvgIpc) is 3.69. The third-order valence-corrected chi connectivity index (χ3v) is 7.18. The molecular formula is C31H27FN8O2. The Kier molecular flexibility index (Phi) is 7.16. The van der Waals surface area contributed by atoms with Crippen molar-refractivity contribution in [2.24, 2.45) is 0 Å². The van der Waals surface area contributed by atoms with Crippen LogP contribution in [0.5, 0.6) is 0 Å². The number of pyridine rings is 2. The summed E-state index contributed by atoms with van der Waals surface area (Å²) in [6.07, 6.45) is 6.97. The smallest absolute Gasteiger partial charge is 0.275 e. The Morgan fingerprint density at radius 2 is 1.90 bits per heavy atom. The number of nitrogens with one attached hydrogen (secondary N) is 3.